The van der Waals surface area contributed by atoms with E-state index in [9.17, 15) is 0 Å². The molecule has 0 aliphatic rings. The van der Waals surface area contributed by atoms with Crippen molar-refractivity contribution in [2.75, 3.05) is 0 Å². The van der Waals surface area contributed by atoms with Gasteiger partial charge in [-0.1, -0.05) is 18.2 Å². The summed E-state index contributed by atoms with van der Waals surface area (Å²) in [5, 5.41) is 2.44. The molecule has 3 heterocycles. The predicted molar refractivity (Wildman–Crippen MR) is 64.6 cm³/mol. The van der Waals surface area contributed by atoms with E-state index in [1.807, 2.05) is 24.7 Å². The summed E-state index contributed by atoms with van der Waals surface area (Å²) in [6.45, 7) is 0. The molecule has 16 heavy (non-hydrogen) atoms. The van der Waals surface area contributed by atoms with Crippen molar-refractivity contribution in [2.45, 2.75) is 0 Å². The fraction of sp³-hybridized carbons (Fsp3) is 0. The van der Waals surface area contributed by atoms with Gasteiger partial charge in [-0.25, -0.2) is 4.98 Å². The lowest BCUT2D eigenvalue weighted by Gasteiger charge is -1.92. The van der Waals surface area contributed by atoms with Crippen molar-refractivity contribution in [2.24, 2.45) is 0 Å². The van der Waals surface area contributed by atoms with Crippen LogP contribution in [-0.2, 0) is 0 Å². The summed E-state index contributed by atoms with van der Waals surface area (Å²) in [6, 6.07) is 10.4. The van der Waals surface area contributed by atoms with E-state index in [-0.39, 0.29) is 0 Å². The van der Waals surface area contributed by atoms with Crippen LogP contribution in [0.15, 0.2) is 48.9 Å². The molecule has 0 radical (unpaired) electrons. The van der Waals surface area contributed by atoms with Crippen LogP contribution in [0.25, 0.3) is 27.5 Å². The highest BCUT2D eigenvalue weighted by atomic mass is 15.0. The van der Waals surface area contributed by atoms with Gasteiger partial charge in [0.2, 0.25) is 0 Å². The number of nitrogens with zero attached hydrogens (tertiary/aromatic N) is 2. The van der Waals surface area contributed by atoms with Crippen molar-refractivity contribution >= 4 is 27.5 Å². The third-order valence-electron chi connectivity index (χ3n) is 3.01. The molecule has 0 saturated heterocycles. The van der Waals surface area contributed by atoms with E-state index in [0.29, 0.717) is 0 Å². The first-order chi connectivity index (χ1) is 7.93. The molecule has 1 N–H and O–H groups in total. The first-order valence-electron chi connectivity index (χ1n) is 5.26. The zero-order valence-corrected chi connectivity index (χ0v) is 8.51. The van der Waals surface area contributed by atoms with Gasteiger partial charge in [-0.3, -0.25) is 4.40 Å². The minimum absolute atomic E-state index is 1.03. The Morgan fingerprint density at radius 2 is 2.06 bits per heavy atom. The smallest absolute Gasteiger partial charge is 0.145 e. The maximum atomic E-state index is 4.65. The second kappa shape index (κ2) is 2.64. The van der Waals surface area contributed by atoms with Crippen LogP contribution in [0.2, 0.25) is 0 Å². The lowest BCUT2D eigenvalue weighted by atomic mass is 10.2. The average molecular weight is 207 g/mol. The van der Waals surface area contributed by atoms with E-state index in [2.05, 4.69) is 38.6 Å². The highest BCUT2D eigenvalue weighted by Gasteiger charge is 2.09. The van der Waals surface area contributed by atoms with Gasteiger partial charge in [0, 0.05) is 29.4 Å². The van der Waals surface area contributed by atoms with E-state index < -0.39 is 0 Å². The van der Waals surface area contributed by atoms with Crippen molar-refractivity contribution in [3.63, 3.8) is 0 Å². The van der Waals surface area contributed by atoms with Gasteiger partial charge in [-0.2, -0.15) is 0 Å². The SMILES string of the molecule is c1ccc2c(c1)nc1c2cc2c[nH]ccn21. The Morgan fingerprint density at radius 1 is 1.12 bits per heavy atom. The highest BCUT2D eigenvalue weighted by molar-refractivity contribution is 6.08. The number of fused-ring (bicyclic) bond motifs is 5. The quantitative estimate of drug-likeness (QED) is 0.472. The van der Waals surface area contributed by atoms with Crippen LogP contribution in [0.1, 0.15) is 0 Å². The lowest BCUT2D eigenvalue weighted by Crippen LogP contribution is -1.83. The molecule has 3 aromatic heterocycles. The van der Waals surface area contributed by atoms with Gasteiger partial charge in [0.15, 0.2) is 0 Å². The van der Waals surface area contributed by atoms with E-state index in [0.717, 1.165) is 16.7 Å². The number of benzene rings is 1. The maximum absolute atomic E-state index is 4.65. The van der Waals surface area contributed by atoms with Gasteiger partial charge in [0.05, 0.1) is 11.0 Å². The van der Waals surface area contributed by atoms with E-state index in [4.69, 9.17) is 0 Å². The molecule has 4 aromatic rings. The van der Waals surface area contributed by atoms with Crippen molar-refractivity contribution in [1.29, 1.82) is 0 Å². The number of para-hydroxylation sites is 1. The summed E-state index contributed by atoms with van der Waals surface area (Å²) in [5.41, 5.74) is 3.24. The van der Waals surface area contributed by atoms with Crippen LogP contribution in [0.3, 0.4) is 0 Å². The molecule has 0 aliphatic heterocycles. The highest BCUT2D eigenvalue weighted by Crippen LogP contribution is 2.27. The third kappa shape index (κ3) is 0.852. The zero-order valence-electron chi connectivity index (χ0n) is 8.51. The molecule has 3 heteroatoms. The molecular weight excluding hydrogens is 198 g/mol. The number of rotatable bonds is 0. The summed E-state index contributed by atoms with van der Waals surface area (Å²) < 4.78 is 2.10. The molecule has 4 rings (SSSR count). The second-order valence-corrected chi connectivity index (χ2v) is 3.93. The Kier molecular flexibility index (Phi) is 1.31. The molecule has 0 spiro atoms. The summed E-state index contributed by atoms with van der Waals surface area (Å²) in [6.07, 6.45) is 5.89. The van der Waals surface area contributed by atoms with Gasteiger partial charge in [0.1, 0.15) is 5.65 Å². The average Bonchev–Trinajstić information content (AvgIpc) is 2.85. The predicted octanol–water partition coefficient (Wildman–Crippen LogP) is 2.97. The number of hydrogen-bond acceptors (Lipinski definition) is 1. The molecule has 0 saturated carbocycles. The molecule has 0 unspecified atom stereocenters. The molecule has 0 bridgehead atoms. The summed E-state index contributed by atoms with van der Waals surface area (Å²) in [4.78, 5) is 7.74. The third-order valence-corrected chi connectivity index (χ3v) is 3.01. The van der Waals surface area contributed by atoms with E-state index in [1.54, 1.807) is 0 Å². The Morgan fingerprint density at radius 3 is 3.06 bits per heavy atom. The number of H-pyrrole nitrogens is 1. The molecule has 1 aromatic carbocycles. The van der Waals surface area contributed by atoms with E-state index >= 15 is 0 Å². The Bertz CT molecular complexity index is 738. The minimum Gasteiger partial charge on any atom is -0.365 e. The molecule has 76 valence electrons. The minimum atomic E-state index is 1.03. The number of aromatic amines is 1. The van der Waals surface area contributed by atoms with Crippen LogP contribution in [0.5, 0.6) is 0 Å². The molecule has 0 fully saturated rings. The molecular formula is C13H9N3. The molecule has 3 nitrogen and oxygen atoms in total. The summed E-state index contributed by atoms with van der Waals surface area (Å²) >= 11 is 0. The largest absolute Gasteiger partial charge is 0.365 e. The maximum Gasteiger partial charge on any atom is 0.145 e. The van der Waals surface area contributed by atoms with Crippen LogP contribution in [0, 0.1) is 0 Å². The van der Waals surface area contributed by atoms with Crippen LogP contribution >= 0.6 is 0 Å². The zero-order chi connectivity index (χ0) is 10.5. The Balaban J connectivity index is 2.35. The second-order valence-electron chi connectivity index (χ2n) is 3.93. The number of hydrogen-bond donors (Lipinski definition) is 1. The van der Waals surface area contributed by atoms with Gasteiger partial charge in [0.25, 0.3) is 0 Å². The van der Waals surface area contributed by atoms with Crippen LogP contribution in [0.4, 0.5) is 0 Å². The number of nitrogens with one attached hydrogen (secondary N) is 1. The molecule has 0 aliphatic carbocycles. The van der Waals surface area contributed by atoms with Gasteiger partial charge >= 0.3 is 0 Å². The van der Waals surface area contributed by atoms with Gasteiger partial charge < -0.3 is 4.98 Å². The molecule has 0 amide bonds. The van der Waals surface area contributed by atoms with Crippen molar-refractivity contribution < 1.29 is 0 Å². The van der Waals surface area contributed by atoms with Crippen LogP contribution in [-0.4, -0.2) is 14.4 Å². The fourth-order valence-electron chi connectivity index (χ4n) is 2.28. The van der Waals surface area contributed by atoms with Crippen molar-refractivity contribution in [3.05, 3.63) is 48.9 Å². The standard InChI is InChI=1S/C13H9N3/c1-2-4-12-10(3-1)11-7-9-8-14-5-6-16(9)13(11)15-12/h1-8,14H. The number of aromatic nitrogens is 3. The normalized spacial score (nSPS) is 11.8. The Hall–Kier alpha value is -2.29. The van der Waals surface area contributed by atoms with E-state index in [1.165, 1.54) is 10.8 Å². The van der Waals surface area contributed by atoms with Gasteiger partial charge in [-0.05, 0) is 12.1 Å². The first kappa shape index (κ1) is 7.93. The van der Waals surface area contributed by atoms with Crippen LogP contribution < -0.4 is 0 Å². The van der Waals surface area contributed by atoms with Crippen molar-refractivity contribution in [3.8, 4) is 0 Å². The van der Waals surface area contributed by atoms with Crippen molar-refractivity contribution in [1.82, 2.24) is 14.4 Å². The van der Waals surface area contributed by atoms with Gasteiger partial charge in [-0.15, -0.1) is 0 Å². The monoisotopic (exact) mass is 207 g/mol. The fourth-order valence-corrected chi connectivity index (χ4v) is 2.28. The summed E-state index contributed by atoms with van der Waals surface area (Å²) in [5.74, 6) is 0. The first-order valence-corrected chi connectivity index (χ1v) is 5.26. The Labute approximate surface area is 91.3 Å². The molecule has 0 atom stereocenters. The summed E-state index contributed by atoms with van der Waals surface area (Å²) in [7, 11) is 0. The lowest BCUT2D eigenvalue weighted by molar-refractivity contribution is 1.16. The topological polar surface area (TPSA) is 33.1 Å².